The van der Waals surface area contributed by atoms with Crippen molar-refractivity contribution in [3.63, 3.8) is 0 Å². The van der Waals surface area contributed by atoms with Gasteiger partial charge >= 0.3 is 12.0 Å². The highest BCUT2D eigenvalue weighted by Crippen LogP contribution is 2.24. The maximum atomic E-state index is 12.0. The molecule has 1 aromatic rings. The lowest BCUT2D eigenvalue weighted by molar-refractivity contribution is -0.139. The van der Waals surface area contributed by atoms with Crippen LogP contribution in [0.2, 0.25) is 0 Å². The third-order valence-electron chi connectivity index (χ3n) is 2.71. The first-order valence-electron chi connectivity index (χ1n) is 5.53. The second kappa shape index (κ2) is 4.97. The van der Waals surface area contributed by atoms with E-state index in [2.05, 4.69) is 5.32 Å². The number of methoxy groups -OCH3 is 1. The number of nitrogens with one attached hydrogen (secondary N) is 1. The Hall–Kier alpha value is -2.57. The lowest BCUT2D eigenvalue weighted by atomic mass is 10.2. The molecule has 2 N–H and O–H groups in total. The molecule has 0 aromatic heterocycles. The number of urea groups is 1. The maximum absolute atomic E-state index is 12.0. The van der Waals surface area contributed by atoms with Crippen molar-refractivity contribution in [3.8, 4) is 5.75 Å². The molecule has 19 heavy (non-hydrogen) atoms. The standard InChI is InChI=1S/C12H12N2O5/c1-19-8-4-2-3-7(5-8)14-11(17)9(6-10(15)16)13-12(14)18/h2-5,9H,6H2,1H3,(H,13,18)(H,15,16). The number of hydrogen-bond donors (Lipinski definition) is 2. The van der Waals surface area contributed by atoms with Gasteiger partial charge < -0.3 is 15.2 Å². The zero-order chi connectivity index (χ0) is 14.0. The molecule has 1 aromatic carbocycles. The monoisotopic (exact) mass is 264 g/mol. The van der Waals surface area contributed by atoms with Crippen LogP contribution in [0.3, 0.4) is 0 Å². The van der Waals surface area contributed by atoms with Crippen LogP contribution < -0.4 is 15.0 Å². The Bertz CT molecular complexity index is 543. The van der Waals surface area contributed by atoms with E-state index in [1.165, 1.54) is 13.2 Å². The van der Waals surface area contributed by atoms with Crippen LogP contribution in [0.25, 0.3) is 0 Å². The summed E-state index contributed by atoms with van der Waals surface area (Å²) in [6.07, 6.45) is -0.439. The quantitative estimate of drug-likeness (QED) is 0.776. The molecule has 1 heterocycles. The van der Waals surface area contributed by atoms with Crippen LogP contribution in [0.15, 0.2) is 24.3 Å². The first-order chi connectivity index (χ1) is 9.02. The molecule has 1 atom stereocenters. The van der Waals surface area contributed by atoms with Gasteiger partial charge in [-0.1, -0.05) is 6.07 Å². The smallest absolute Gasteiger partial charge is 0.329 e. The molecule has 7 heteroatoms. The summed E-state index contributed by atoms with van der Waals surface area (Å²) < 4.78 is 5.01. The third-order valence-corrected chi connectivity index (χ3v) is 2.71. The number of carbonyl (C=O) groups is 3. The Balaban J connectivity index is 2.26. The van der Waals surface area contributed by atoms with Gasteiger partial charge in [0.05, 0.1) is 19.2 Å². The van der Waals surface area contributed by atoms with Gasteiger partial charge in [-0.25, -0.2) is 9.69 Å². The van der Waals surface area contributed by atoms with Gasteiger partial charge in [0, 0.05) is 6.07 Å². The molecule has 7 nitrogen and oxygen atoms in total. The lowest BCUT2D eigenvalue weighted by Crippen LogP contribution is -2.32. The number of carbonyl (C=O) groups excluding carboxylic acids is 2. The van der Waals surface area contributed by atoms with Crippen LogP contribution in [0.4, 0.5) is 10.5 Å². The van der Waals surface area contributed by atoms with Crippen molar-refractivity contribution < 1.29 is 24.2 Å². The van der Waals surface area contributed by atoms with Crippen LogP contribution in [0.5, 0.6) is 5.75 Å². The third kappa shape index (κ3) is 2.49. The molecule has 100 valence electrons. The molecule has 1 aliphatic rings. The van der Waals surface area contributed by atoms with Gasteiger partial charge in [-0.15, -0.1) is 0 Å². The number of anilines is 1. The predicted molar refractivity (Wildman–Crippen MR) is 65.1 cm³/mol. The SMILES string of the molecule is COc1cccc(N2C(=O)NC(CC(=O)O)C2=O)c1. The molecule has 1 unspecified atom stereocenters. The topological polar surface area (TPSA) is 95.9 Å². The van der Waals surface area contributed by atoms with Gasteiger partial charge in [-0.05, 0) is 12.1 Å². The Labute approximate surface area is 108 Å². The van der Waals surface area contributed by atoms with Crippen LogP contribution in [-0.2, 0) is 9.59 Å². The molecule has 0 bridgehead atoms. The Morgan fingerprint density at radius 1 is 1.47 bits per heavy atom. The summed E-state index contributed by atoms with van der Waals surface area (Å²) in [6.45, 7) is 0. The number of nitrogens with zero attached hydrogens (tertiary/aromatic N) is 1. The fourth-order valence-electron chi connectivity index (χ4n) is 1.84. The number of ether oxygens (including phenoxy) is 1. The summed E-state index contributed by atoms with van der Waals surface area (Å²) in [5.41, 5.74) is 0.342. The van der Waals surface area contributed by atoms with Gasteiger partial charge in [-0.3, -0.25) is 9.59 Å². The number of rotatable bonds is 4. The van der Waals surface area contributed by atoms with Crippen molar-refractivity contribution >= 4 is 23.6 Å². The number of imide groups is 1. The van der Waals surface area contributed by atoms with E-state index >= 15 is 0 Å². The highest BCUT2D eigenvalue weighted by Gasteiger charge is 2.40. The van der Waals surface area contributed by atoms with E-state index < -0.39 is 30.4 Å². The molecule has 3 amide bonds. The molecule has 1 saturated heterocycles. The first-order valence-corrected chi connectivity index (χ1v) is 5.53. The number of carboxylic acids is 1. The molecule has 1 fully saturated rings. The number of benzene rings is 1. The van der Waals surface area contributed by atoms with Gasteiger partial charge in [0.25, 0.3) is 5.91 Å². The van der Waals surface area contributed by atoms with Gasteiger partial charge in [0.2, 0.25) is 0 Å². The lowest BCUT2D eigenvalue weighted by Gasteiger charge is -2.13. The van der Waals surface area contributed by atoms with E-state index in [1.54, 1.807) is 18.2 Å². The number of aliphatic carboxylic acids is 1. The van der Waals surface area contributed by atoms with Gasteiger partial charge in [0.15, 0.2) is 0 Å². The Kier molecular flexibility index (Phi) is 3.37. The Morgan fingerprint density at radius 3 is 2.84 bits per heavy atom. The normalized spacial score (nSPS) is 18.4. The maximum Gasteiger partial charge on any atom is 0.329 e. The number of hydrogen-bond acceptors (Lipinski definition) is 4. The number of amides is 3. The van der Waals surface area contributed by atoms with E-state index in [-0.39, 0.29) is 0 Å². The number of carboxylic acid groups (broad SMARTS) is 1. The molecule has 1 aliphatic heterocycles. The van der Waals surface area contributed by atoms with Gasteiger partial charge in [-0.2, -0.15) is 0 Å². The molecule has 0 spiro atoms. The minimum atomic E-state index is -1.15. The van der Waals surface area contributed by atoms with Crippen LogP contribution in [0, 0.1) is 0 Å². The minimum absolute atomic E-state index is 0.342. The van der Waals surface area contributed by atoms with Crippen molar-refractivity contribution in [2.24, 2.45) is 0 Å². The second-order valence-electron chi connectivity index (χ2n) is 3.98. The van der Waals surface area contributed by atoms with E-state index in [0.29, 0.717) is 11.4 Å². The second-order valence-corrected chi connectivity index (χ2v) is 3.98. The fourth-order valence-corrected chi connectivity index (χ4v) is 1.84. The fraction of sp³-hybridized carbons (Fsp3) is 0.250. The van der Waals surface area contributed by atoms with Crippen molar-refractivity contribution in [1.82, 2.24) is 5.32 Å². The minimum Gasteiger partial charge on any atom is -0.497 e. The van der Waals surface area contributed by atoms with E-state index in [4.69, 9.17) is 9.84 Å². The van der Waals surface area contributed by atoms with E-state index in [0.717, 1.165) is 4.90 Å². The average molecular weight is 264 g/mol. The summed E-state index contributed by atoms with van der Waals surface area (Å²) in [5, 5.41) is 11.0. The summed E-state index contributed by atoms with van der Waals surface area (Å²) in [5.74, 6) is -1.23. The van der Waals surface area contributed by atoms with Crippen LogP contribution >= 0.6 is 0 Å². The molecule has 0 radical (unpaired) electrons. The van der Waals surface area contributed by atoms with Crippen molar-refractivity contribution in [1.29, 1.82) is 0 Å². The highest BCUT2D eigenvalue weighted by atomic mass is 16.5. The van der Waals surface area contributed by atoms with E-state index in [1.807, 2.05) is 0 Å². The largest absolute Gasteiger partial charge is 0.497 e. The summed E-state index contributed by atoms with van der Waals surface area (Å²) >= 11 is 0. The summed E-state index contributed by atoms with van der Waals surface area (Å²) in [7, 11) is 1.47. The molecular formula is C12H12N2O5. The Morgan fingerprint density at radius 2 is 2.21 bits per heavy atom. The summed E-state index contributed by atoms with van der Waals surface area (Å²) in [6, 6.07) is 4.75. The zero-order valence-corrected chi connectivity index (χ0v) is 10.1. The van der Waals surface area contributed by atoms with Crippen LogP contribution in [-0.4, -0.2) is 36.2 Å². The van der Waals surface area contributed by atoms with E-state index in [9.17, 15) is 14.4 Å². The van der Waals surface area contributed by atoms with Crippen LogP contribution in [0.1, 0.15) is 6.42 Å². The molecule has 0 aliphatic carbocycles. The van der Waals surface area contributed by atoms with Crippen molar-refractivity contribution in [3.05, 3.63) is 24.3 Å². The average Bonchev–Trinajstić information content (AvgIpc) is 2.64. The van der Waals surface area contributed by atoms with Crippen molar-refractivity contribution in [2.45, 2.75) is 12.5 Å². The zero-order valence-electron chi connectivity index (χ0n) is 10.1. The molecular weight excluding hydrogens is 252 g/mol. The first kappa shape index (κ1) is 12.9. The molecule has 2 rings (SSSR count). The summed E-state index contributed by atoms with van der Waals surface area (Å²) in [4.78, 5) is 35.2. The predicted octanol–water partition coefficient (Wildman–Crippen LogP) is 0.595. The molecule has 0 saturated carbocycles. The van der Waals surface area contributed by atoms with Gasteiger partial charge in [0.1, 0.15) is 11.8 Å². The van der Waals surface area contributed by atoms with Crippen molar-refractivity contribution in [2.75, 3.05) is 12.0 Å². The highest BCUT2D eigenvalue weighted by molar-refractivity contribution is 6.22.